The molecule has 1 atom stereocenters. The lowest BCUT2D eigenvalue weighted by molar-refractivity contribution is -0.111. The van der Waals surface area contributed by atoms with Crippen molar-refractivity contribution >= 4 is 11.6 Å². The Hall–Kier alpha value is -1.80. The van der Waals surface area contributed by atoms with Crippen LogP contribution < -0.4 is 5.32 Å². The lowest BCUT2D eigenvalue weighted by Gasteiger charge is -2.22. The number of nitrogens with zero attached hydrogens (tertiary/aromatic N) is 2. The third-order valence-corrected chi connectivity index (χ3v) is 2.44. The molecule has 0 bridgehead atoms. The molecule has 84 valence electrons. The van der Waals surface area contributed by atoms with Crippen molar-refractivity contribution in [3.63, 3.8) is 0 Å². The summed E-state index contributed by atoms with van der Waals surface area (Å²) in [7, 11) is 0. The van der Waals surface area contributed by atoms with Crippen LogP contribution in [0.1, 0.15) is 25.5 Å². The highest BCUT2D eigenvalue weighted by atomic mass is 16.5. The molecule has 5 nitrogen and oxygen atoms in total. The molecular formula is C11H13N3O2. The second-order valence-electron chi connectivity index (χ2n) is 3.63. The van der Waals surface area contributed by atoms with Gasteiger partial charge in [0, 0.05) is 6.61 Å². The molecule has 1 aromatic heterocycles. The highest BCUT2D eigenvalue weighted by Gasteiger charge is 2.16. The lowest BCUT2D eigenvalue weighted by Crippen LogP contribution is -2.18. The molecule has 0 radical (unpaired) electrons. The zero-order chi connectivity index (χ0) is 11.4. The van der Waals surface area contributed by atoms with Crippen LogP contribution in [-0.2, 0) is 9.53 Å². The Morgan fingerprint density at radius 3 is 3.25 bits per heavy atom. The van der Waals surface area contributed by atoms with E-state index in [1.54, 1.807) is 17.1 Å². The summed E-state index contributed by atoms with van der Waals surface area (Å²) in [4.78, 5) is 11.0. The first-order chi connectivity index (χ1) is 7.79. The molecule has 16 heavy (non-hydrogen) atoms. The van der Waals surface area contributed by atoms with E-state index in [4.69, 9.17) is 11.2 Å². The first-order valence-electron chi connectivity index (χ1n) is 5.23. The first kappa shape index (κ1) is 10.7. The van der Waals surface area contributed by atoms with E-state index in [-0.39, 0.29) is 6.23 Å². The average Bonchev–Trinajstić information content (AvgIpc) is 2.78. The molecule has 0 aliphatic carbocycles. The molecule has 5 heteroatoms. The van der Waals surface area contributed by atoms with Gasteiger partial charge >= 0.3 is 0 Å². The van der Waals surface area contributed by atoms with Gasteiger partial charge in [-0.2, -0.15) is 5.10 Å². The van der Waals surface area contributed by atoms with Gasteiger partial charge < -0.3 is 10.1 Å². The van der Waals surface area contributed by atoms with E-state index in [2.05, 4.69) is 10.4 Å². The van der Waals surface area contributed by atoms with E-state index in [0.717, 1.165) is 25.9 Å². The summed E-state index contributed by atoms with van der Waals surface area (Å²) in [5.41, 5.74) is 0.595. The van der Waals surface area contributed by atoms with Gasteiger partial charge in [0.05, 0.1) is 18.1 Å². The van der Waals surface area contributed by atoms with Gasteiger partial charge in [-0.1, -0.05) is 0 Å². The van der Waals surface area contributed by atoms with Crippen molar-refractivity contribution in [3.05, 3.63) is 12.4 Å². The first-order valence-corrected chi connectivity index (χ1v) is 5.23. The van der Waals surface area contributed by atoms with Crippen LogP contribution in [0.3, 0.4) is 0 Å². The van der Waals surface area contributed by atoms with Crippen molar-refractivity contribution < 1.29 is 9.53 Å². The minimum Gasteiger partial charge on any atom is -0.357 e. The predicted molar refractivity (Wildman–Crippen MR) is 58.5 cm³/mol. The van der Waals surface area contributed by atoms with Crippen LogP contribution in [0.25, 0.3) is 0 Å². The van der Waals surface area contributed by atoms with Crippen molar-refractivity contribution in [1.29, 1.82) is 0 Å². The normalized spacial score (nSPS) is 20.1. The summed E-state index contributed by atoms with van der Waals surface area (Å²) in [5, 5.41) is 6.67. The summed E-state index contributed by atoms with van der Waals surface area (Å²) in [6.07, 6.45) is 11.4. The Bertz CT molecular complexity index is 413. The molecule has 0 aromatic carbocycles. The van der Waals surface area contributed by atoms with E-state index in [0.29, 0.717) is 5.69 Å². The number of aromatic nitrogens is 2. The monoisotopic (exact) mass is 219 g/mol. The van der Waals surface area contributed by atoms with Crippen molar-refractivity contribution in [2.45, 2.75) is 25.5 Å². The molecule has 1 aromatic rings. The fraction of sp³-hybridized carbons (Fsp3) is 0.455. The second kappa shape index (κ2) is 4.81. The van der Waals surface area contributed by atoms with Crippen LogP contribution in [0, 0.1) is 12.3 Å². The van der Waals surface area contributed by atoms with Crippen LogP contribution >= 0.6 is 0 Å². The number of terminal acetylenes is 1. The van der Waals surface area contributed by atoms with Gasteiger partial charge in [0.2, 0.25) is 0 Å². The Balaban J connectivity index is 2.01. The fourth-order valence-corrected chi connectivity index (χ4v) is 1.66. The maximum Gasteiger partial charge on any atom is 0.300 e. The Labute approximate surface area is 93.8 Å². The number of amides is 1. The minimum absolute atomic E-state index is 0.0229. The summed E-state index contributed by atoms with van der Waals surface area (Å²) >= 11 is 0. The van der Waals surface area contributed by atoms with Gasteiger partial charge in [0.1, 0.15) is 6.23 Å². The number of hydrogen-bond acceptors (Lipinski definition) is 3. The predicted octanol–water partition coefficient (Wildman–Crippen LogP) is 1.15. The van der Waals surface area contributed by atoms with Crippen molar-refractivity contribution in [2.75, 3.05) is 11.9 Å². The molecule has 0 saturated carbocycles. The topological polar surface area (TPSA) is 56.2 Å². The van der Waals surface area contributed by atoms with Crippen LogP contribution in [0.15, 0.2) is 12.4 Å². The van der Waals surface area contributed by atoms with Crippen LogP contribution in [-0.4, -0.2) is 22.3 Å². The Kier molecular flexibility index (Phi) is 3.22. The number of carbonyl (C=O) groups is 1. The van der Waals surface area contributed by atoms with Gasteiger partial charge in [-0.3, -0.25) is 4.79 Å². The smallest absolute Gasteiger partial charge is 0.300 e. The molecule has 1 fully saturated rings. The zero-order valence-corrected chi connectivity index (χ0v) is 8.85. The number of carbonyl (C=O) groups excluding carboxylic acids is 1. The lowest BCUT2D eigenvalue weighted by atomic mass is 10.2. The molecular weight excluding hydrogens is 206 g/mol. The molecule has 1 aliphatic heterocycles. The van der Waals surface area contributed by atoms with Crippen LogP contribution in [0.5, 0.6) is 0 Å². The van der Waals surface area contributed by atoms with E-state index in [9.17, 15) is 4.79 Å². The largest absolute Gasteiger partial charge is 0.357 e. The van der Waals surface area contributed by atoms with Crippen molar-refractivity contribution in [1.82, 2.24) is 9.78 Å². The second-order valence-corrected chi connectivity index (χ2v) is 3.63. The zero-order valence-electron chi connectivity index (χ0n) is 8.85. The van der Waals surface area contributed by atoms with Gasteiger partial charge in [-0.05, 0) is 25.2 Å². The van der Waals surface area contributed by atoms with Crippen LogP contribution in [0.2, 0.25) is 0 Å². The van der Waals surface area contributed by atoms with E-state index in [1.807, 2.05) is 5.92 Å². The third kappa shape index (κ3) is 2.41. The Morgan fingerprint density at radius 2 is 2.56 bits per heavy atom. The summed E-state index contributed by atoms with van der Waals surface area (Å²) in [6, 6.07) is 0. The molecule has 1 aliphatic rings. The molecule has 2 heterocycles. The summed E-state index contributed by atoms with van der Waals surface area (Å²) in [5.74, 6) is 1.52. The SMILES string of the molecule is C#CC(=O)Nc1cnn([C@@H]2CCCCO2)c1. The summed E-state index contributed by atoms with van der Waals surface area (Å²) < 4.78 is 7.27. The van der Waals surface area contributed by atoms with Crippen LogP contribution in [0.4, 0.5) is 5.69 Å². The molecule has 1 saturated heterocycles. The van der Waals surface area contributed by atoms with Gasteiger partial charge in [0.25, 0.3) is 5.91 Å². The van der Waals surface area contributed by atoms with E-state index in [1.165, 1.54) is 0 Å². The highest BCUT2D eigenvalue weighted by Crippen LogP contribution is 2.22. The number of anilines is 1. The van der Waals surface area contributed by atoms with Gasteiger partial charge in [-0.15, -0.1) is 6.42 Å². The molecule has 1 N–H and O–H groups in total. The van der Waals surface area contributed by atoms with E-state index < -0.39 is 5.91 Å². The third-order valence-electron chi connectivity index (χ3n) is 2.44. The molecule has 0 spiro atoms. The van der Waals surface area contributed by atoms with Crippen molar-refractivity contribution in [3.8, 4) is 12.3 Å². The quantitative estimate of drug-likeness (QED) is 0.759. The number of rotatable bonds is 2. The molecule has 0 unspecified atom stereocenters. The van der Waals surface area contributed by atoms with Gasteiger partial charge in [-0.25, -0.2) is 4.68 Å². The number of hydrogen-bond donors (Lipinski definition) is 1. The highest BCUT2D eigenvalue weighted by molar-refractivity contribution is 6.03. The van der Waals surface area contributed by atoms with E-state index >= 15 is 0 Å². The Morgan fingerprint density at radius 1 is 1.69 bits per heavy atom. The standard InChI is InChI=1S/C11H13N3O2/c1-2-10(15)13-9-7-12-14(8-9)11-5-3-4-6-16-11/h1,7-8,11H,3-6H2,(H,13,15)/t11-/m0/s1. The summed E-state index contributed by atoms with van der Waals surface area (Å²) in [6.45, 7) is 0.760. The minimum atomic E-state index is -0.468. The van der Waals surface area contributed by atoms with Gasteiger partial charge in [0.15, 0.2) is 0 Å². The average molecular weight is 219 g/mol. The maximum atomic E-state index is 11.0. The van der Waals surface area contributed by atoms with Crippen molar-refractivity contribution in [2.24, 2.45) is 0 Å². The number of nitrogens with one attached hydrogen (secondary N) is 1. The maximum absolute atomic E-state index is 11.0. The molecule has 1 amide bonds. The fourth-order valence-electron chi connectivity index (χ4n) is 1.66. The number of ether oxygens (including phenoxy) is 1. The molecule has 2 rings (SSSR count).